The van der Waals surface area contributed by atoms with Crippen molar-refractivity contribution in [2.45, 2.75) is 12.5 Å². The van der Waals surface area contributed by atoms with E-state index in [9.17, 15) is 4.79 Å². The van der Waals surface area contributed by atoms with E-state index in [1.807, 2.05) is 12.1 Å². The molecule has 0 spiro atoms. The van der Waals surface area contributed by atoms with Crippen molar-refractivity contribution in [2.24, 2.45) is 5.73 Å². The molecule has 0 aliphatic heterocycles. The standard InChI is InChI=1S/C10H13N3O2/c11-7(3-4-14)6-1-2-8-9(5-6)13-10(15)12-8/h1-2,5,7,14H,3-4,11H2,(H2,12,13,15). The Morgan fingerprint density at radius 2 is 2.07 bits per heavy atom. The number of aromatic nitrogens is 2. The Labute approximate surface area is 85.9 Å². The third kappa shape index (κ3) is 1.93. The van der Waals surface area contributed by atoms with Gasteiger partial charge in [-0.25, -0.2) is 4.79 Å². The molecule has 0 aliphatic carbocycles. The highest BCUT2D eigenvalue weighted by Crippen LogP contribution is 2.17. The molecule has 80 valence electrons. The van der Waals surface area contributed by atoms with Gasteiger partial charge in [-0.05, 0) is 24.1 Å². The average Bonchev–Trinajstić information content (AvgIpc) is 2.57. The van der Waals surface area contributed by atoms with E-state index in [0.29, 0.717) is 6.42 Å². The van der Waals surface area contributed by atoms with Crippen molar-refractivity contribution in [3.05, 3.63) is 34.2 Å². The third-order valence-electron chi connectivity index (χ3n) is 2.41. The number of aromatic amines is 2. The van der Waals surface area contributed by atoms with Crippen molar-refractivity contribution in [1.82, 2.24) is 9.97 Å². The molecule has 1 aromatic carbocycles. The summed E-state index contributed by atoms with van der Waals surface area (Å²) in [5.41, 5.74) is 8.03. The zero-order chi connectivity index (χ0) is 10.8. The van der Waals surface area contributed by atoms with Gasteiger partial charge in [-0.2, -0.15) is 0 Å². The highest BCUT2D eigenvalue weighted by atomic mass is 16.3. The van der Waals surface area contributed by atoms with Gasteiger partial charge >= 0.3 is 5.69 Å². The summed E-state index contributed by atoms with van der Waals surface area (Å²) in [6.45, 7) is 0.0584. The highest BCUT2D eigenvalue weighted by molar-refractivity contribution is 5.75. The first kappa shape index (κ1) is 9.95. The van der Waals surface area contributed by atoms with Gasteiger partial charge in [-0.15, -0.1) is 0 Å². The summed E-state index contributed by atoms with van der Waals surface area (Å²) >= 11 is 0. The topological polar surface area (TPSA) is 94.9 Å². The van der Waals surface area contributed by atoms with Gasteiger partial charge in [0.1, 0.15) is 0 Å². The number of rotatable bonds is 3. The first-order valence-electron chi connectivity index (χ1n) is 4.79. The van der Waals surface area contributed by atoms with Crippen molar-refractivity contribution in [1.29, 1.82) is 0 Å². The van der Waals surface area contributed by atoms with Crippen LogP contribution in [0.15, 0.2) is 23.0 Å². The van der Waals surface area contributed by atoms with Crippen LogP contribution in [0, 0.1) is 0 Å². The largest absolute Gasteiger partial charge is 0.396 e. The summed E-state index contributed by atoms with van der Waals surface area (Å²) in [5.74, 6) is 0. The maximum Gasteiger partial charge on any atom is 0.323 e. The number of aliphatic hydroxyl groups is 1. The zero-order valence-corrected chi connectivity index (χ0v) is 8.16. The fourth-order valence-electron chi connectivity index (χ4n) is 1.59. The van der Waals surface area contributed by atoms with Crippen LogP contribution in [0.5, 0.6) is 0 Å². The molecule has 0 saturated heterocycles. The van der Waals surface area contributed by atoms with Crippen molar-refractivity contribution in [3.8, 4) is 0 Å². The molecular formula is C10H13N3O2. The molecule has 5 heteroatoms. The minimum absolute atomic E-state index is 0.0584. The Bertz CT molecular complexity index is 515. The summed E-state index contributed by atoms with van der Waals surface area (Å²) in [5, 5.41) is 8.77. The molecule has 5 nitrogen and oxygen atoms in total. The van der Waals surface area contributed by atoms with E-state index >= 15 is 0 Å². The normalized spacial score (nSPS) is 13.2. The summed E-state index contributed by atoms with van der Waals surface area (Å²) in [6.07, 6.45) is 0.514. The van der Waals surface area contributed by atoms with Crippen molar-refractivity contribution in [3.63, 3.8) is 0 Å². The number of benzene rings is 1. The Kier molecular flexibility index (Phi) is 2.57. The van der Waals surface area contributed by atoms with Crippen molar-refractivity contribution >= 4 is 11.0 Å². The van der Waals surface area contributed by atoms with Gasteiger partial charge in [0, 0.05) is 12.6 Å². The van der Waals surface area contributed by atoms with Crippen LogP contribution in [-0.2, 0) is 0 Å². The Hall–Kier alpha value is -1.59. The highest BCUT2D eigenvalue weighted by Gasteiger charge is 2.06. The van der Waals surface area contributed by atoms with Crippen LogP contribution in [0.25, 0.3) is 11.0 Å². The van der Waals surface area contributed by atoms with Crippen molar-refractivity contribution in [2.75, 3.05) is 6.61 Å². The van der Waals surface area contributed by atoms with Gasteiger partial charge in [0.25, 0.3) is 0 Å². The second-order valence-corrected chi connectivity index (χ2v) is 3.50. The van der Waals surface area contributed by atoms with Crippen LogP contribution in [0.2, 0.25) is 0 Å². The minimum Gasteiger partial charge on any atom is -0.396 e. The van der Waals surface area contributed by atoms with E-state index in [1.54, 1.807) is 6.07 Å². The van der Waals surface area contributed by atoms with Gasteiger partial charge in [0.05, 0.1) is 11.0 Å². The number of fused-ring (bicyclic) bond motifs is 1. The lowest BCUT2D eigenvalue weighted by molar-refractivity contribution is 0.276. The van der Waals surface area contributed by atoms with Crippen LogP contribution in [0.4, 0.5) is 0 Å². The second kappa shape index (κ2) is 3.88. The summed E-state index contributed by atoms with van der Waals surface area (Å²) in [7, 11) is 0. The first-order chi connectivity index (χ1) is 7.20. The third-order valence-corrected chi connectivity index (χ3v) is 2.41. The van der Waals surface area contributed by atoms with Gasteiger partial charge in [-0.3, -0.25) is 0 Å². The molecule has 1 unspecified atom stereocenters. The fraction of sp³-hybridized carbons (Fsp3) is 0.300. The number of imidazole rings is 1. The maximum atomic E-state index is 11.0. The average molecular weight is 207 g/mol. The zero-order valence-electron chi connectivity index (χ0n) is 8.16. The van der Waals surface area contributed by atoms with E-state index < -0.39 is 0 Å². The van der Waals surface area contributed by atoms with Crippen LogP contribution in [-0.4, -0.2) is 21.7 Å². The molecule has 0 fully saturated rings. The number of aliphatic hydroxyl groups excluding tert-OH is 1. The molecule has 2 rings (SSSR count). The molecule has 1 heterocycles. The molecule has 1 atom stereocenters. The number of nitrogens with two attached hydrogens (primary N) is 1. The summed E-state index contributed by atoms with van der Waals surface area (Å²) < 4.78 is 0. The second-order valence-electron chi connectivity index (χ2n) is 3.50. The number of nitrogens with one attached hydrogen (secondary N) is 2. The van der Waals surface area contributed by atoms with Crippen LogP contribution in [0.1, 0.15) is 18.0 Å². The SMILES string of the molecule is NC(CCO)c1ccc2[nH]c(=O)[nH]c2c1. The predicted molar refractivity (Wildman–Crippen MR) is 57.6 cm³/mol. The van der Waals surface area contributed by atoms with Crippen LogP contribution < -0.4 is 11.4 Å². The molecule has 2 aromatic rings. The van der Waals surface area contributed by atoms with E-state index in [0.717, 1.165) is 16.6 Å². The molecule has 0 radical (unpaired) electrons. The summed E-state index contributed by atoms with van der Waals surface area (Å²) in [4.78, 5) is 16.3. The Balaban J connectivity index is 2.41. The lowest BCUT2D eigenvalue weighted by atomic mass is 10.0. The van der Waals surface area contributed by atoms with Gasteiger partial charge < -0.3 is 20.8 Å². The number of hydrogen-bond donors (Lipinski definition) is 4. The van der Waals surface area contributed by atoms with Gasteiger partial charge in [0.2, 0.25) is 0 Å². The lowest BCUT2D eigenvalue weighted by Gasteiger charge is -2.09. The molecule has 0 aliphatic rings. The predicted octanol–water partition coefficient (Wildman–Crippen LogP) is 0.238. The molecular weight excluding hydrogens is 194 g/mol. The first-order valence-corrected chi connectivity index (χ1v) is 4.79. The number of H-pyrrole nitrogens is 2. The number of hydrogen-bond acceptors (Lipinski definition) is 3. The van der Waals surface area contributed by atoms with Gasteiger partial charge in [-0.1, -0.05) is 6.07 Å². The molecule has 5 N–H and O–H groups in total. The van der Waals surface area contributed by atoms with E-state index in [1.165, 1.54) is 0 Å². The van der Waals surface area contributed by atoms with E-state index in [4.69, 9.17) is 10.8 Å². The van der Waals surface area contributed by atoms with E-state index in [-0.39, 0.29) is 18.3 Å². The minimum atomic E-state index is -0.224. The summed E-state index contributed by atoms with van der Waals surface area (Å²) in [6, 6.07) is 5.29. The molecule has 1 aromatic heterocycles. The monoisotopic (exact) mass is 207 g/mol. The smallest absolute Gasteiger partial charge is 0.323 e. The Morgan fingerprint density at radius 1 is 1.33 bits per heavy atom. The van der Waals surface area contributed by atoms with Crippen LogP contribution >= 0.6 is 0 Å². The van der Waals surface area contributed by atoms with Crippen molar-refractivity contribution < 1.29 is 5.11 Å². The molecule has 15 heavy (non-hydrogen) atoms. The Morgan fingerprint density at radius 3 is 2.80 bits per heavy atom. The lowest BCUT2D eigenvalue weighted by Crippen LogP contribution is -2.11. The fourth-order valence-corrected chi connectivity index (χ4v) is 1.59. The maximum absolute atomic E-state index is 11.0. The quantitative estimate of drug-likeness (QED) is 0.580. The molecule has 0 amide bonds. The molecule has 0 bridgehead atoms. The molecule has 0 saturated carbocycles. The van der Waals surface area contributed by atoms with Gasteiger partial charge in [0.15, 0.2) is 0 Å². The van der Waals surface area contributed by atoms with E-state index in [2.05, 4.69) is 9.97 Å². The van der Waals surface area contributed by atoms with Crippen LogP contribution in [0.3, 0.4) is 0 Å².